The summed E-state index contributed by atoms with van der Waals surface area (Å²) in [5.74, 6) is 1.07. The summed E-state index contributed by atoms with van der Waals surface area (Å²) in [6.45, 7) is 7.59. The first-order valence-corrected chi connectivity index (χ1v) is 10.6. The van der Waals surface area contributed by atoms with Gasteiger partial charge in [-0.2, -0.15) is 0 Å². The number of hydrogen-bond acceptors (Lipinski definition) is 3. The Morgan fingerprint density at radius 1 is 0.964 bits per heavy atom. The average Bonchev–Trinajstić information content (AvgIpc) is 2.68. The molecule has 5 nitrogen and oxygen atoms in total. The first-order chi connectivity index (χ1) is 13.2. The van der Waals surface area contributed by atoms with Crippen molar-refractivity contribution < 1.29 is 0 Å². The molecular weight excluding hydrogens is 461 g/mol. The Hall–Kier alpha value is -0.860. The van der Waals surface area contributed by atoms with Crippen LogP contribution in [0.2, 0.25) is 0 Å². The van der Waals surface area contributed by atoms with Crippen LogP contribution in [0.25, 0.3) is 0 Å². The van der Waals surface area contributed by atoms with Crippen molar-refractivity contribution in [2.45, 2.75) is 38.6 Å². The molecule has 1 aliphatic heterocycles. The smallest absolute Gasteiger partial charge is 0.193 e. The normalized spacial score (nSPS) is 15.6. The molecular formula is C22H40IN5. The van der Waals surface area contributed by atoms with Crippen molar-refractivity contribution in [2.75, 3.05) is 60.4 Å². The number of unbranched alkanes of at least 4 members (excludes halogenated alkanes) is 4. The molecule has 0 amide bonds. The highest BCUT2D eigenvalue weighted by Crippen LogP contribution is 2.09. The summed E-state index contributed by atoms with van der Waals surface area (Å²) in [4.78, 5) is 11.7. The van der Waals surface area contributed by atoms with Crippen molar-refractivity contribution in [1.82, 2.24) is 20.0 Å². The summed E-state index contributed by atoms with van der Waals surface area (Å²) in [5.41, 5.74) is 1.40. The second kappa shape index (κ2) is 15.0. The van der Waals surface area contributed by atoms with Crippen molar-refractivity contribution >= 4 is 29.9 Å². The molecule has 28 heavy (non-hydrogen) atoms. The molecule has 2 rings (SSSR count). The molecule has 0 saturated carbocycles. The van der Waals surface area contributed by atoms with Gasteiger partial charge in [-0.15, -0.1) is 24.0 Å². The number of halogens is 1. The van der Waals surface area contributed by atoms with Crippen molar-refractivity contribution in [3.8, 4) is 0 Å². The van der Waals surface area contributed by atoms with Crippen LogP contribution in [0, 0.1) is 0 Å². The Morgan fingerprint density at radius 2 is 1.61 bits per heavy atom. The van der Waals surface area contributed by atoms with E-state index < -0.39 is 0 Å². The first kappa shape index (κ1) is 25.2. The minimum absolute atomic E-state index is 0. The third-order valence-electron chi connectivity index (χ3n) is 5.20. The molecule has 6 heteroatoms. The van der Waals surface area contributed by atoms with Crippen LogP contribution in [0.15, 0.2) is 35.3 Å². The van der Waals surface area contributed by atoms with Crippen molar-refractivity contribution in [2.24, 2.45) is 4.99 Å². The van der Waals surface area contributed by atoms with Crippen LogP contribution in [0.4, 0.5) is 0 Å². The summed E-state index contributed by atoms with van der Waals surface area (Å²) in [7, 11) is 6.20. The molecule has 0 unspecified atom stereocenters. The van der Waals surface area contributed by atoms with Gasteiger partial charge in [0.15, 0.2) is 5.96 Å². The van der Waals surface area contributed by atoms with Gasteiger partial charge in [-0.1, -0.05) is 49.6 Å². The lowest BCUT2D eigenvalue weighted by Crippen LogP contribution is -2.52. The monoisotopic (exact) mass is 501 g/mol. The third-order valence-corrected chi connectivity index (χ3v) is 5.20. The largest absolute Gasteiger partial charge is 0.356 e. The summed E-state index contributed by atoms with van der Waals surface area (Å²) >= 11 is 0. The average molecular weight is 502 g/mol. The minimum atomic E-state index is 0. The fourth-order valence-electron chi connectivity index (χ4n) is 3.58. The molecule has 0 atom stereocenters. The van der Waals surface area contributed by atoms with Crippen LogP contribution >= 0.6 is 24.0 Å². The van der Waals surface area contributed by atoms with E-state index in [-0.39, 0.29) is 24.0 Å². The maximum atomic E-state index is 4.49. The van der Waals surface area contributed by atoms with Crippen LogP contribution in [0.5, 0.6) is 0 Å². The van der Waals surface area contributed by atoms with Gasteiger partial charge in [-0.25, -0.2) is 0 Å². The second-order valence-electron chi connectivity index (χ2n) is 7.79. The summed E-state index contributed by atoms with van der Waals surface area (Å²) < 4.78 is 0. The lowest BCUT2D eigenvalue weighted by Gasteiger charge is -2.36. The standard InChI is InChI=1S/C22H39N5.HI/c1-23-22(24-14-10-5-4-6-11-15-25(2)3)27-18-16-26(17-19-27)20-21-12-8-7-9-13-21;/h7-9,12-13H,4-6,10-11,14-20H2,1-3H3,(H,23,24);1H. The van der Waals surface area contributed by atoms with Gasteiger partial charge in [0.1, 0.15) is 0 Å². The van der Waals surface area contributed by atoms with Crippen LogP contribution in [0.1, 0.15) is 37.7 Å². The highest BCUT2D eigenvalue weighted by Gasteiger charge is 2.19. The fourth-order valence-corrected chi connectivity index (χ4v) is 3.58. The SMILES string of the molecule is CN=C(NCCCCCCCN(C)C)N1CCN(Cc2ccccc2)CC1.I. The second-order valence-corrected chi connectivity index (χ2v) is 7.79. The number of guanidine groups is 1. The fraction of sp³-hybridized carbons (Fsp3) is 0.682. The maximum Gasteiger partial charge on any atom is 0.193 e. The van der Waals surface area contributed by atoms with Gasteiger partial charge in [0, 0.05) is 46.3 Å². The molecule has 0 aliphatic carbocycles. The van der Waals surface area contributed by atoms with Gasteiger partial charge in [0.05, 0.1) is 0 Å². The van der Waals surface area contributed by atoms with Gasteiger partial charge in [-0.3, -0.25) is 9.89 Å². The van der Waals surface area contributed by atoms with E-state index in [1.165, 1.54) is 44.2 Å². The first-order valence-electron chi connectivity index (χ1n) is 10.6. The van der Waals surface area contributed by atoms with E-state index in [2.05, 4.69) is 69.4 Å². The highest BCUT2D eigenvalue weighted by molar-refractivity contribution is 14.0. The molecule has 1 aliphatic rings. The van der Waals surface area contributed by atoms with Crippen LogP contribution in [-0.4, -0.2) is 81.1 Å². The van der Waals surface area contributed by atoms with E-state index in [1.807, 2.05) is 7.05 Å². The zero-order valence-corrected chi connectivity index (χ0v) is 20.4. The number of nitrogens with zero attached hydrogens (tertiary/aromatic N) is 4. The number of aliphatic imine (C=N–C) groups is 1. The Labute approximate surface area is 189 Å². The van der Waals surface area contributed by atoms with Gasteiger partial charge in [0.2, 0.25) is 0 Å². The maximum absolute atomic E-state index is 4.49. The van der Waals surface area contributed by atoms with E-state index in [0.717, 1.165) is 45.2 Å². The third kappa shape index (κ3) is 10.1. The van der Waals surface area contributed by atoms with Gasteiger partial charge in [-0.05, 0) is 39.0 Å². The van der Waals surface area contributed by atoms with E-state index in [4.69, 9.17) is 0 Å². The number of hydrogen-bond donors (Lipinski definition) is 1. The number of nitrogens with one attached hydrogen (secondary N) is 1. The Balaban J connectivity index is 0.00000392. The summed E-state index contributed by atoms with van der Waals surface area (Å²) in [5, 5.41) is 3.56. The molecule has 0 aromatic heterocycles. The van der Waals surface area contributed by atoms with Crippen molar-refractivity contribution in [3.63, 3.8) is 0 Å². The Kier molecular flexibility index (Phi) is 13.5. The summed E-state index contributed by atoms with van der Waals surface area (Å²) in [6, 6.07) is 10.8. The molecule has 0 spiro atoms. The van der Waals surface area contributed by atoms with Gasteiger partial charge < -0.3 is 15.1 Å². The number of rotatable bonds is 10. The number of piperazine rings is 1. The molecule has 1 heterocycles. The topological polar surface area (TPSA) is 34.1 Å². The van der Waals surface area contributed by atoms with Crippen LogP contribution < -0.4 is 5.32 Å². The van der Waals surface area contributed by atoms with E-state index in [9.17, 15) is 0 Å². The van der Waals surface area contributed by atoms with E-state index in [0.29, 0.717) is 0 Å². The lowest BCUT2D eigenvalue weighted by molar-refractivity contribution is 0.172. The van der Waals surface area contributed by atoms with Crippen LogP contribution in [-0.2, 0) is 6.54 Å². The van der Waals surface area contributed by atoms with Gasteiger partial charge >= 0.3 is 0 Å². The molecule has 1 N–H and O–H groups in total. The molecule has 1 saturated heterocycles. The van der Waals surface area contributed by atoms with Crippen molar-refractivity contribution in [3.05, 3.63) is 35.9 Å². The molecule has 0 bridgehead atoms. The quantitative estimate of drug-likeness (QED) is 0.230. The van der Waals surface area contributed by atoms with E-state index in [1.54, 1.807) is 0 Å². The minimum Gasteiger partial charge on any atom is -0.356 e. The number of benzene rings is 1. The van der Waals surface area contributed by atoms with Crippen LogP contribution in [0.3, 0.4) is 0 Å². The molecule has 1 fully saturated rings. The molecule has 160 valence electrons. The predicted molar refractivity (Wildman–Crippen MR) is 132 cm³/mol. The zero-order valence-electron chi connectivity index (χ0n) is 18.1. The molecule has 1 aromatic rings. The van der Waals surface area contributed by atoms with E-state index >= 15 is 0 Å². The zero-order chi connectivity index (χ0) is 19.3. The molecule has 1 aromatic carbocycles. The predicted octanol–water partition coefficient (Wildman–Crippen LogP) is 3.51. The Bertz CT molecular complexity index is 527. The summed E-state index contributed by atoms with van der Waals surface area (Å²) in [6.07, 6.45) is 6.54. The van der Waals surface area contributed by atoms with Gasteiger partial charge in [0.25, 0.3) is 0 Å². The highest BCUT2D eigenvalue weighted by atomic mass is 127. The molecule has 0 radical (unpaired) electrons. The Morgan fingerprint density at radius 3 is 2.25 bits per heavy atom. The van der Waals surface area contributed by atoms with Crippen molar-refractivity contribution in [1.29, 1.82) is 0 Å². The lowest BCUT2D eigenvalue weighted by atomic mass is 10.1.